The number of unbranched alkanes of at least 4 members (excludes halogenated alkanes) is 2. The van der Waals surface area contributed by atoms with Crippen molar-refractivity contribution < 1.29 is 19.1 Å². The van der Waals surface area contributed by atoms with Crippen molar-refractivity contribution in [3.05, 3.63) is 85.8 Å². The predicted molar refractivity (Wildman–Crippen MR) is 194 cm³/mol. The average molecular weight is 756 g/mol. The van der Waals surface area contributed by atoms with Crippen LogP contribution < -0.4 is 16.4 Å². The lowest BCUT2D eigenvalue weighted by Crippen LogP contribution is -2.45. The summed E-state index contributed by atoms with van der Waals surface area (Å²) in [7, 11) is 0. The highest BCUT2D eigenvalue weighted by atomic mass is 79.9. The van der Waals surface area contributed by atoms with Crippen molar-refractivity contribution in [2.24, 2.45) is 0 Å². The Morgan fingerprint density at radius 3 is 2.28 bits per heavy atom. The van der Waals surface area contributed by atoms with Gasteiger partial charge in [0, 0.05) is 22.2 Å². The van der Waals surface area contributed by atoms with E-state index in [1.54, 1.807) is 24.3 Å². The maximum atomic E-state index is 12.8. The smallest absolute Gasteiger partial charge is 0.338 e. The molecule has 11 heteroatoms. The molecule has 0 radical (unpaired) electrons. The molecule has 7 nitrogen and oxygen atoms in total. The molecule has 250 valence electrons. The third-order valence-electron chi connectivity index (χ3n) is 8.45. The number of nitrogens with one attached hydrogen (secondary N) is 2. The first-order valence-corrected chi connectivity index (χ1v) is 17.2. The molecule has 1 aliphatic carbocycles. The number of anilines is 3. The summed E-state index contributed by atoms with van der Waals surface area (Å²) in [6, 6.07) is 16.3. The summed E-state index contributed by atoms with van der Waals surface area (Å²) in [5.41, 5.74) is 10.6. The number of hydrogen-bond acceptors (Lipinski definition) is 7. The molecule has 4 N–H and O–H groups in total. The van der Waals surface area contributed by atoms with E-state index in [1.165, 1.54) is 19.3 Å². The Morgan fingerprint density at radius 1 is 0.913 bits per heavy atom. The normalized spacial score (nSPS) is 13.8. The van der Waals surface area contributed by atoms with Gasteiger partial charge < -0.3 is 25.8 Å². The van der Waals surface area contributed by atoms with Crippen LogP contribution in [0.25, 0.3) is 0 Å². The highest BCUT2D eigenvalue weighted by Crippen LogP contribution is 2.34. The number of esters is 2. The second-order valence-electron chi connectivity index (χ2n) is 11.6. The maximum absolute atomic E-state index is 12.8. The van der Waals surface area contributed by atoms with E-state index in [9.17, 15) is 9.59 Å². The highest BCUT2D eigenvalue weighted by molar-refractivity contribution is 9.10. The summed E-state index contributed by atoms with van der Waals surface area (Å²) in [4.78, 5) is 25.4. The molecule has 0 heterocycles. The molecule has 0 aliphatic heterocycles. The fourth-order valence-electron chi connectivity index (χ4n) is 5.68. The number of benzene rings is 3. The number of nitrogens with two attached hydrogens (primary N) is 1. The molecule has 0 amide bonds. The van der Waals surface area contributed by atoms with Crippen molar-refractivity contribution in [1.82, 2.24) is 5.32 Å². The van der Waals surface area contributed by atoms with Crippen LogP contribution in [0.5, 0.6) is 0 Å². The summed E-state index contributed by atoms with van der Waals surface area (Å²) in [6.45, 7) is 3.41. The number of carbonyl (C=O) groups is 2. The van der Waals surface area contributed by atoms with Gasteiger partial charge in [-0.15, -0.1) is 12.4 Å². The average Bonchev–Trinajstić information content (AvgIpc) is 3.04. The van der Waals surface area contributed by atoms with Crippen LogP contribution >= 0.6 is 51.5 Å². The molecule has 3 aromatic rings. The van der Waals surface area contributed by atoms with E-state index >= 15 is 0 Å². The van der Waals surface area contributed by atoms with Gasteiger partial charge in [-0.25, -0.2) is 4.79 Å². The first-order chi connectivity index (χ1) is 21.7. The topological polar surface area (TPSA) is 103 Å². The summed E-state index contributed by atoms with van der Waals surface area (Å²) >= 11 is 16.1. The van der Waals surface area contributed by atoms with E-state index < -0.39 is 0 Å². The first kappa shape index (κ1) is 38.0. The molecular formula is C35H43BrCl3N3O4. The van der Waals surface area contributed by atoms with Crippen molar-refractivity contribution >= 4 is 80.5 Å². The summed E-state index contributed by atoms with van der Waals surface area (Å²) in [5, 5.41) is 7.96. The van der Waals surface area contributed by atoms with Crippen LogP contribution in [-0.2, 0) is 27.2 Å². The quantitative estimate of drug-likeness (QED) is 0.0807. The van der Waals surface area contributed by atoms with Gasteiger partial charge in [0.05, 0.1) is 46.6 Å². The molecule has 0 spiro atoms. The Bertz CT molecular complexity index is 1450. The number of halogens is 4. The molecule has 1 saturated carbocycles. The zero-order valence-electron chi connectivity index (χ0n) is 26.1. The van der Waals surface area contributed by atoms with Gasteiger partial charge in [-0.1, -0.05) is 73.7 Å². The minimum Gasteiger partial charge on any atom is -0.465 e. The second kappa shape index (κ2) is 18.7. The zero-order valence-corrected chi connectivity index (χ0v) is 30.1. The summed E-state index contributed by atoms with van der Waals surface area (Å²) < 4.78 is 11.7. The number of nitrogen functional groups attached to an aromatic ring is 1. The Balaban J connectivity index is 0.00000576. The molecule has 3 aromatic carbocycles. The lowest BCUT2D eigenvalue weighted by atomic mass is 9.79. The van der Waals surface area contributed by atoms with Crippen molar-refractivity contribution in [1.29, 1.82) is 0 Å². The van der Waals surface area contributed by atoms with Gasteiger partial charge in [0.15, 0.2) is 0 Å². The minimum atomic E-state index is -0.378. The van der Waals surface area contributed by atoms with Crippen molar-refractivity contribution in [2.45, 2.75) is 83.2 Å². The van der Waals surface area contributed by atoms with E-state index in [1.807, 2.05) is 30.3 Å². The summed E-state index contributed by atoms with van der Waals surface area (Å²) in [6.07, 6.45) is 9.36. The van der Waals surface area contributed by atoms with E-state index in [0.29, 0.717) is 57.4 Å². The molecular weight excluding hydrogens is 713 g/mol. The standard InChI is InChI=1S/C35H42BrCl2N3O4.ClH/c1-2-35(16-7-3-8-17-35)40-23-26-20-25(21-27(36)32(26)39)34(43)45-19-10-4-9-18-44-31(42)22-24-12-5-6-15-30(24)41-33-28(37)13-11-14-29(33)38;/h5-6,11-15,20-21,40-41H,2-4,7-10,16-19,22-23,39H2,1H3;1H. The molecule has 0 atom stereocenters. The third kappa shape index (κ3) is 10.8. The molecule has 4 rings (SSSR count). The maximum Gasteiger partial charge on any atom is 0.338 e. The van der Waals surface area contributed by atoms with Gasteiger partial charge in [-0.05, 0) is 95.9 Å². The van der Waals surface area contributed by atoms with E-state index in [-0.39, 0.29) is 42.9 Å². The monoisotopic (exact) mass is 753 g/mol. The molecule has 0 saturated heterocycles. The largest absolute Gasteiger partial charge is 0.465 e. The fraction of sp³-hybridized carbons (Fsp3) is 0.429. The van der Waals surface area contributed by atoms with E-state index in [0.717, 1.165) is 42.5 Å². The first-order valence-electron chi connectivity index (χ1n) is 15.7. The lowest BCUT2D eigenvalue weighted by molar-refractivity contribution is -0.142. The van der Waals surface area contributed by atoms with Crippen LogP contribution in [-0.4, -0.2) is 30.7 Å². The minimum absolute atomic E-state index is 0. The lowest BCUT2D eigenvalue weighted by Gasteiger charge is -2.38. The number of carbonyl (C=O) groups excluding carboxylic acids is 2. The number of hydrogen-bond donors (Lipinski definition) is 3. The Labute approximate surface area is 296 Å². The molecule has 46 heavy (non-hydrogen) atoms. The molecule has 1 fully saturated rings. The Hall–Kier alpha value is -2.49. The van der Waals surface area contributed by atoms with Gasteiger partial charge in [-0.2, -0.15) is 0 Å². The highest BCUT2D eigenvalue weighted by Gasteiger charge is 2.29. The van der Waals surface area contributed by atoms with Crippen LogP contribution in [0.1, 0.15) is 86.2 Å². The fourth-order valence-corrected chi connectivity index (χ4v) is 6.67. The van der Waals surface area contributed by atoms with Crippen molar-refractivity contribution in [3.63, 3.8) is 0 Å². The van der Waals surface area contributed by atoms with Gasteiger partial charge in [0.1, 0.15) is 0 Å². The van der Waals surface area contributed by atoms with Crippen molar-refractivity contribution in [2.75, 3.05) is 24.3 Å². The van der Waals surface area contributed by atoms with E-state index in [4.69, 9.17) is 38.4 Å². The van der Waals surface area contributed by atoms with Gasteiger partial charge >= 0.3 is 11.9 Å². The Kier molecular flexibility index (Phi) is 15.5. The summed E-state index contributed by atoms with van der Waals surface area (Å²) in [5.74, 6) is -0.704. The van der Waals surface area contributed by atoms with Gasteiger partial charge in [-0.3, -0.25) is 4.79 Å². The van der Waals surface area contributed by atoms with Crippen LogP contribution in [0.3, 0.4) is 0 Å². The zero-order chi connectivity index (χ0) is 32.2. The third-order valence-corrected chi connectivity index (χ3v) is 9.74. The molecule has 0 unspecified atom stereocenters. The number of para-hydroxylation sites is 2. The van der Waals surface area contributed by atoms with Crippen LogP contribution in [0.2, 0.25) is 10.0 Å². The second-order valence-corrected chi connectivity index (χ2v) is 13.2. The predicted octanol–water partition coefficient (Wildman–Crippen LogP) is 9.82. The molecule has 0 aromatic heterocycles. The van der Waals surface area contributed by atoms with Crippen LogP contribution in [0, 0.1) is 0 Å². The Morgan fingerprint density at radius 2 is 1.59 bits per heavy atom. The molecule has 0 bridgehead atoms. The van der Waals surface area contributed by atoms with Crippen LogP contribution in [0.15, 0.2) is 59.1 Å². The van der Waals surface area contributed by atoms with Crippen LogP contribution in [0.4, 0.5) is 17.1 Å². The SMILES string of the molecule is CCC1(NCc2cc(C(=O)OCCCCCOC(=O)Cc3ccccc3Nc3c(Cl)cccc3Cl)cc(Br)c2N)CCCCC1.Cl. The van der Waals surface area contributed by atoms with Gasteiger partial charge in [0.25, 0.3) is 0 Å². The van der Waals surface area contributed by atoms with E-state index in [2.05, 4.69) is 33.5 Å². The number of ether oxygens (including phenoxy) is 2. The number of rotatable bonds is 15. The van der Waals surface area contributed by atoms with Crippen molar-refractivity contribution in [3.8, 4) is 0 Å². The molecule has 1 aliphatic rings. The van der Waals surface area contributed by atoms with Gasteiger partial charge in [0.2, 0.25) is 0 Å².